The van der Waals surface area contributed by atoms with Crippen LogP contribution in [0.15, 0.2) is 63.9 Å². The standard InChI is InChI=1S/C21H19N5O5/c1-2-21(14-8-4-3-5-9-14)18(28)26(19(29)24-21)12-16(27)22-15-10-6-7-13(11-15)17-23-20(30)31-25-17/h3-11H,2,12H2,1H3,(H,22,27)(H,24,29)(H,23,25,30). The van der Waals surface area contributed by atoms with E-state index in [0.29, 0.717) is 23.2 Å². The zero-order valence-electron chi connectivity index (χ0n) is 16.5. The van der Waals surface area contributed by atoms with Gasteiger partial charge < -0.3 is 10.6 Å². The number of benzene rings is 2. The lowest BCUT2D eigenvalue weighted by Crippen LogP contribution is -2.44. The van der Waals surface area contributed by atoms with E-state index in [1.54, 1.807) is 55.5 Å². The Kier molecular flexibility index (Phi) is 5.12. The van der Waals surface area contributed by atoms with Crippen LogP contribution in [0.4, 0.5) is 10.5 Å². The lowest BCUT2D eigenvalue weighted by atomic mass is 9.87. The number of hydrogen-bond acceptors (Lipinski definition) is 6. The lowest BCUT2D eigenvalue weighted by Gasteiger charge is -2.25. The first kappa shape index (κ1) is 20.1. The molecule has 1 aliphatic heterocycles. The largest absolute Gasteiger partial charge is 0.439 e. The Morgan fingerprint density at radius 3 is 2.58 bits per heavy atom. The summed E-state index contributed by atoms with van der Waals surface area (Å²) in [7, 11) is 0. The molecule has 3 aromatic rings. The van der Waals surface area contributed by atoms with E-state index < -0.39 is 35.7 Å². The van der Waals surface area contributed by atoms with Gasteiger partial charge in [0.1, 0.15) is 12.1 Å². The van der Waals surface area contributed by atoms with Crippen LogP contribution in [0, 0.1) is 0 Å². The average molecular weight is 421 g/mol. The van der Waals surface area contributed by atoms with Gasteiger partial charge in [-0.1, -0.05) is 54.5 Å². The van der Waals surface area contributed by atoms with Crippen molar-refractivity contribution in [1.82, 2.24) is 20.4 Å². The smallest absolute Gasteiger partial charge is 0.325 e. The van der Waals surface area contributed by atoms with Crippen molar-refractivity contribution in [3.05, 3.63) is 70.7 Å². The summed E-state index contributed by atoms with van der Waals surface area (Å²) in [6.45, 7) is 1.36. The van der Waals surface area contributed by atoms with Crippen molar-refractivity contribution < 1.29 is 18.9 Å². The third-order valence-corrected chi connectivity index (χ3v) is 5.13. The maximum Gasteiger partial charge on any atom is 0.439 e. The van der Waals surface area contributed by atoms with Crippen LogP contribution in [0.3, 0.4) is 0 Å². The minimum absolute atomic E-state index is 0.214. The van der Waals surface area contributed by atoms with Crippen LogP contribution in [0.1, 0.15) is 18.9 Å². The van der Waals surface area contributed by atoms with Gasteiger partial charge in [0, 0.05) is 11.3 Å². The number of hydrogen-bond donors (Lipinski definition) is 3. The number of rotatable bonds is 6. The summed E-state index contributed by atoms with van der Waals surface area (Å²) in [5.41, 5.74) is 0.390. The molecule has 1 unspecified atom stereocenters. The number of carbonyl (C=O) groups excluding carboxylic acids is 3. The van der Waals surface area contributed by atoms with Gasteiger partial charge in [-0.2, -0.15) is 0 Å². The number of aromatic amines is 1. The Morgan fingerprint density at radius 1 is 1.13 bits per heavy atom. The molecule has 0 radical (unpaired) electrons. The molecule has 1 saturated heterocycles. The summed E-state index contributed by atoms with van der Waals surface area (Å²) >= 11 is 0. The Balaban J connectivity index is 1.50. The van der Waals surface area contributed by atoms with Crippen LogP contribution in [-0.2, 0) is 15.1 Å². The number of carbonyl (C=O) groups is 3. The van der Waals surface area contributed by atoms with E-state index in [4.69, 9.17) is 0 Å². The molecule has 2 heterocycles. The highest BCUT2D eigenvalue weighted by Crippen LogP contribution is 2.32. The van der Waals surface area contributed by atoms with Crippen LogP contribution < -0.4 is 16.4 Å². The number of nitrogens with one attached hydrogen (secondary N) is 3. The molecular formula is C21H19N5O5. The lowest BCUT2D eigenvalue weighted by molar-refractivity contribution is -0.134. The Hall–Kier alpha value is -4.21. The molecule has 4 rings (SSSR count). The Bertz CT molecular complexity index is 1200. The molecule has 10 nitrogen and oxygen atoms in total. The quantitative estimate of drug-likeness (QED) is 0.519. The normalized spacial score (nSPS) is 18.2. The summed E-state index contributed by atoms with van der Waals surface area (Å²) in [4.78, 5) is 52.7. The molecular weight excluding hydrogens is 402 g/mol. The van der Waals surface area contributed by atoms with Gasteiger partial charge in [0.15, 0.2) is 5.82 Å². The summed E-state index contributed by atoms with van der Waals surface area (Å²) in [6, 6.07) is 14.9. The van der Waals surface area contributed by atoms with E-state index in [-0.39, 0.29) is 5.82 Å². The van der Waals surface area contributed by atoms with Gasteiger partial charge in [-0.25, -0.2) is 9.59 Å². The van der Waals surface area contributed by atoms with Gasteiger partial charge in [0.25, 0.3) is 5.91 Å². The van der Waals surface area contributed by atoms with Crippen LogP contribution in [0.5, 0.6) is 0 Å². The Morgan fingerprint density at radius 2 is 1.90 bits per heavy atom. The zero-order chi connectivity index (χ0) is 22.0. The van der Waals surface area contributed by atoms with Gasteiger partial charge in [-0.3, -0.25) is 24.0 Å². The zero-order valence-corrected chi connectivity index (χ0v) is 16.5. The number of anilines is 1. The molecule has 10 heteroatoms. The molecule has 0 spiro atoms. The van der Waals surface area contributed by atoms with Crippen LogP contribution in [-0.4, -0.2) is 39.4 Å². The summed E-state index contributed by atoms with van der Waals surface area (Å²) in [5, 5.41) is 8.99. The fourth-order valence-electron chi connectivity index (χ4n) is 3.57. The van der Waals surface area contributed by atoms with Gasteiger partial charge in [0.05, 0.1) is 0 Å². The highest BCUT2D eigenvalue weighted by Gasteiger charge is 2.51. The predicted octanol–water partition coefficient (Wildman–Crippen LogP) is 1.83. The second-order valence-corrected chi connectivity index (χ2v) is 7.02. The predicted molar refractivity (Wildman–Crippen MR) is 110 cm³/mol. The highest BCUT2D eigenvalue weighted by atomic mass is 16.5. The van der Waals surface area contributed by atoms with Crippen LogP contribution in [0.25, 0.3) is 11.4 Å². The second kappa shape index (κ2) is 7.90. The first-order valence-electron chi connectivity index (χ1n) is 9.59. The monoisotopic (exact) mass is 421 g/mol. The number of nitrogens with zero attached hydrogens (tertiary/aromatic N) is 2. The summed E-state index contributed by atoms with van der Waals surface area (Å²) in [5.74, 6) is -1.50. The number of imide groups is 1. The summed E-state index contributed by atoms with van der Waals surface area (Å²) in [6.07, 6.45) is 0.345. The van der Waals surface area contributed by atoms with Crippen LogP contribution >= 0.6 is 0 Å². The van der Waals surface area contributed by atoms with E-state index in [2.05, 4.69) is 25.3 Å². The van der Waals surface area contributed by atoms with E-state index in [9.17, 15) is 19.2 Å². The SMILES string of the molecule is CCC1(c2ccccc2)NC(=O)N(CC(=O)Nc2cccc(-c3noc(=O)[nH]3)c2)C1=O. The minimum atomic E-state index is -1.20. The Labute approximate surface area is 176 Å². The first-order chi connectivity index (χ1) is 14.9. The van der Waals surface area contributed by atoms with Crippen molar-refractivity contribution >= 4 is 23.5 Å². The van der Waals surface area contributed by atoms with Crippen LogP contribution in [0.2, 0.25) is 0 Å². The van der Waals surface area contributed by atoms with E-state index in [0.717, 1.165) is 4.90 Å². The minimum Gasteiger partial charge on any atom is -0.325 e. The molecule has 0 aliphatic carbocycles. The molecule has 0 saturated carbocycles. The molecule has 2 aromatic carbocycles. The molecule has 1 aromatic heterocycles. The van der Waals surface area contributed by atoms with Crippen molar-refractivity contribution in [3.8, 4) is 11.4 Å². The van der Waals surface area contributed by atoms with Crippen molar-refractivity contribution in [2.75, 3.05) is 11.9 Å². The van der Waals surface area contributed by atoms with Gasteiger partial charge in [-0.15, -0.1) is 0 Å². The molecule has 1 fully saturated rings. The van der Waals surface area contributed by atoms with E-state index in [1.165, 1.54) is 0 Å². The highest BCUT2D eigenvalue weighted by molar-refractivity contribution is 6.10. The number of urea groups is 1. The maximum absolute atomic E-state index is 13.1. The van der Waals surface area contributed by atoms with Gasteiger partial charge in [-0.05, 0) is 24.1 Å². The molecule has 1 aliphatic rings. The fourth-order valence-corrected chi connectivity index (χ4v) is 3.57. The van der Waals surface area contributed by atoms with Gasteiger partial charge >= 0.3 is 11.8 Å². The third kappa shape index (κ3) is 3.70. The third-order valence-electron chi connectivity index (χ3n) is 5.13. The van der Waals surface area contributed by atoms with E-state index in [1.807, 2.05) is 6.07 Å². The molecule has 31 heavy (non-hydrogen) atoms. The van der Waals surface area contributed by atoms with Crippen molar-refractivity contribution in [3.63, 3.8) is 0 Å². The first-order valence-corrected chi connectivity index (χ1v) is 9.59. The molecule has 4 amide bonds. The molecule has 3 N–H and O–H groups in total. The topological polar surface area (TPSA) is 137 Å². The molecule has 0 bridgehead atoms. The maximum atomic E-state index is 13.1. The fraction of sp³-hybridized carbons (Fsp3) is 0.190. The summed E-state index contributed by atoms with van der Waals surface area (Å²) < 4.78 is 4.48. The number of amides is 4. The molecule has 1 atom stereocenters. The number of H-pyrrole nitrogens is 1. The second-order valence-electron chi connectivity index (χ2n) is 7.02. The van der Waals surface area contributed by atoms with Crippen molar-refractivity contribution in [2.24, 2.45) is 0 Å². The number of aromatic nitrogens is 2. The van der Waals surface area contributed by atoms with Gasteiger partial charge in [0.2, 0.25) is 5.91 Å². The van der Waals surface area contributed by atoms with E-state index >= 15 is 0 Å². The molecule has 158 valence electrons. The average Bonchev–Trinajstić information content (AvgIpc) is 3.31. The van der Waals surface area contributed by atoms with Crippen molar-refractivity contribution in [1.29, 1.82) is 0 Å². The van der Waals surface area contributed by atoms with Crippen molar-refractivity contribution in [2.45, 2.75) is 18.9 Å².